The van der Waals surface area contributed by atoms with E-state index in [1.54, 1.807) is 0 Å². The molecule has 0 radical (unpaired) electrons. The molecule has 12 rings (SSSR count). The highest BCUT2D eigenvalue weighted by Gasteiger charge is 2.20. The summed E-state index contributed by atoms with van der Waals surface area (Å²) in [5.41, 5.74) is 7.61. The summed E-state index contributed by atoms with van der Waals surface area (Å²) in [4.78, 5) is 20.8. The van der Waals surface area contributed by atoms with E-state index >= 15 is 0 Å². The summed E-state index contributed by atoms with van der Waals surface area (Å²) < 4.78 is 6.63. The first-order valence-electron chi connectivity index (χ1n) is 19.8. The van der Waals surface area contributed by atoms with Crippen molar-refractivity contribution in [3.05, 3.63) is 194 Å². The van der Waals surface area contributed by atoms with Gasteiger partial charge in [-0.2, -0.15) is 0 Å². The van der Waals surface area contributed by atoms with Crippen molar-refractivity contribution in [3.63, 3.8) is 0 Å². The third-order valence-electron chi connectivity index (χ3n) is 11.5. The van der Waals surface area contributed by atoms with Gasteiger partial charge >= 0.3 is 0 Å². The Bertz CT molecular complexity index is 3620. The number of benzene rings is 10. The van der Waals surface area contributed by atoms with Crippen molar-refractivity contribution in [1.82, 2.24) is 19.9 Å². The molecule has 0 bridgehead atoms. The van der Waals surface area contributed by atoms with Crippen molar-refractivity contribution in [3.8, 4) is 56.7 Å². The molecule has 0 aliphatic heterocycles. The Hall–Kier alpha value is -8.02. The summed E-state index contributed by atoms with van der Waals surface area (Å²) in [6.07, 6.45) is 0. The molecule has 2 aromatic heterocycles. The van der Waals surface area contributed by atoms with Gasteiger partial charge < -0.3 is 4.42 Å². The first-order chi connectivity index (χ1) is 29.2. The van der Waals surface area contributed by atoms with Crippen molar-refractivity contribution in [2.75, 3.05) is 0 Å². The van der Waals surface area contributed by atoms with Gasteiger partial charge in [-0.15, -0.1) is 0 Å². The Kier molecular flexibility index (Phi) is 7.47. The summed E-state index contributed by atoms with van der Waals surface area (Å²) in [6.45, 7) is 0. The molecule has 10 aromatic carbocycles. The van der Waals surface area contributed by atoms with E-state index in [0.717, 1.165) is 87.6 Å². The van der Waals surface area contributed by atoms with Gasteiger partial charge in [-0.25, -0.2) is 19.9 Å². The van der Waals surface area contributed by atoms with Crippen LogP contribution >= 0.6 is 0 Å². The monoisotopic (exact) mass is 752 g/mol. The molecule has 274 valence electrons. The van der Waals surface area contributed by atoms with Crippen molar-refractivity contribution >= 4 is 65.0 Å². The Morgan fingerprint density at radius 2 is 0.864 bits per heavy atom. The zero-order valence-corrected chi connectivity index (χ0v) is 31.7. The Morgan fingerprint density at radius 3 is 1.66 bits per heavy atom. The van der Waals surface area contributed by atoms with Crippen LogP contribution in [0.25, 0.3) is 122 Å². The van der Waals surface area contributed by atoms with Crippen LogP contribution < -0.4 is 0 Å². The average molecular weight is 753 g/mol. The molecule has 5 nitrogen and oxygen atoms in total. The molecule has 0 saturated carbocycles. The fraction of sp³-hybridized carbons (Fsp3) is 0. The number of hydrogen-bond acceptors (Lipinski definition) is 5. The van der Waals surface area contributed by atoms with E-state index in [-0.39, 0.29) is 0 Å². The van der Waals surface area contributed by atoms with Gasteiger partial charge in [0.1, 0.15) is 5.52 Å². The minimum absolute atomic E-state index is 0.606. The second-order valence-electron chi connectivity index (χ2n) is 15.0. The maximum atomic E-state index is 6.63. The lowest BCUT2D eigenvalue weighted by molar-refractivity contribution is 0.623. The van der Waals surface area contributed by atoms with Gasteiger partial charge in [-0.3, -0.25) is 0 Å². The molecule has 0 amide bonds. The first kappa shape index (κ1) is 33.2. The number of nitrogens with zero attached hydrogens (tertiary/aromatic N) is 4. The predicted molar refractivity (Wildman–Crippen MR) is 242 cm³/mol. The van der Waals surface area contributed by atoms with Crippen molar-refractivity contribution in [1.29, 1.82) is 0 Å². The van der Waals surface area contributed by atoms with Crippen molar-refractivity contribution in [2.24, 2.45) is 0 Å². The maximum absolute atomic E-state index is 6.63. The number of rotatable bonds is 5. The minimum Gasteiger partial charge on any atom is -0.435 e. The van der Waals surface area contributed by atoms with Crippen LogP contribution in [0, 0.1) is 0 Å². The highest BCUT2D eigenvalue weighted by molar-refractivity contribution is 6.28. The molecule has 0 aliphatic rings. The summed E-state index contributed by atoms with van der Waals surface area (Å²) in [6, 6.07) is 67.6. The summed E-state index contributed by atoms with van der Waals surface area (Å²) in [7, 11) is 0. The van der Waals surface area contributed by atoms with E-state index in [2.05, 4.69) is 158 Å². The number of fused-ring (bicyclic) bond motifs is 9. The SMILES string of the molecule is c1ccc(-c2nc3ccc4ccc5cc(-c6nc(-c7cccc(-c8cccc9ccccc89)c7)nc(-c7cccc8ccccc78)n6)c6ccccc6c5c4c3o2)cc1. The molecule has 12 aromatic rings. The normalized spacial score (nSPS) is 11.7. The highest BCUT2D eigenvalue weighted by Crippen LogP contribution is 2.42. The van der Waals surface area contributed by atoms with Crippen LogP contribution in [0.5, 0.6) is 0 Å². The van der Waals surface area contributed by atoms with Gasteiger partial charge in [-0.05, 0) is 84.5 Å². The lowest BCUT2D eigenvalue weighted by atomic mass is 9.92. The van der Waals surface area contributed by atoms with E-state index in [1.807, 2.05) is 36.4 Å². The quantitative estimate of drug-likeness (QED) is 0.164. The second kappa shape index (κ2) is 13.3. The fourth-order valence-electron chi connectivity index (χ4n) is 8.75. The van der Waals surface area contributed by atoms with E-state index in [4.69, 9.17) is 24.4 Å². The molecule has 0 saturated heterocycles. The molecule has 0 fully saturated rings. The smallest absolute Gasteiger partial charge is 0.227 e. The lowest BCUT2D eigenvalue weighted by Gasteiger charge is -2.15. The second-order valence-corrected chi connectivity index (χ2v) is 15.0. The van der Waals surface area contributed by atoms with E-state index < -0.39 is 0 Å². The fourth-order valence-corrected chi connectivity index (χ4v) is 8.75. The number of hydrogen-bond donors (Lipinski definition) is 0. The van der Waals surface area contributed by atoms with Crippen LogP contribution in [0.3, 0.4) is 0 Å². The van der Waals surface area contributed by atoms with Crippen LogP contribution in [-0.2, 0) is 0 Å². The molecule has 0 atom stereocenters. The zero-order valence-electron chi connectivity index (χ0n) is 31.7. The Morgan fingerprint density at radius 1 is 0.305 bits per heavy atom. The van der Waals surface area contributed by atoms with Gasteiger partial charge in [0, 0.05) is 33.0 Å². The lowest BCUT2D eigenvalue weighted by Crippen LogP contribution is -2.01. The van der Waals surface area contributed by atoms with Crippen molar-refractivity contribution < 1.29 is 4.42 Å². The molecule has 5 heteroatoms. The molecule has 0 unspecified atom stereocenters. The van der Waals surface area contributed by atoms with E-state index in [0.29, 0.717) is 23.4 Å². The van der Waals surface area contributed by atoms with E-state index in [9.17, 15) is 0 Å². The first-order valence-corrected chi connectivity index (χ1v) is 19.8. The highest BCUT2D eigenvalue weighted by atomic mass is 16.3. The van der Waals surface area contributed by atoms with Crippen LogP contribution in [0.2, 0.25) is 0 Å². The number of aromatic nitrogens is 4. The van der Waals surface area contributed by atoms with Crippen LogP contribution in [0.4, 0.5) is 0 Å². The maximum Gasteiger partial charge on any atom is 0.227 e. The largest absolute Gasteiger partial charge is 0.435 e. The van der Waals surface area contributed by atoms with Crippen LogP contribution in [0.1, 0.15) is 0 Å². The van der Waals surface area contributed by atoms with Gasteiger partial charge in [0.15, 0.2) is 23.1 Å². The predicted octanol–water partition coefficient (Wildman–Crippen LogP) is 14.1. The number of oxazole rings is 1. The van der Waals surface area contributed by atoms with Gasteiger partial charge in [0.2, 0.25) is 5.89 Å². The van der Waals surface area contributed by atoms with Gasteiger partial charge in [-0.1, -0.05) is 164 Å². The molecule has 0 N–H and O–H groups in total. The van der Waals surface area contributed by atoms with Crippen LogP contribution in [-0.4, -0.2) is 19.9 Å². The minimum atomic E-state index is 0.606. The Labute approximate surface area is 338 Å². The zero-order chi connectivity index (χ0) is 38.9. The molecule has 2 heterocycles. The topological polar surface area (TPSA) is 64.7 Å². The third-order valence-corrected chi connectivity index (χ3v) is 11.5. The standard InChI is InChI=1S/C54H32N4O/c1-2-15-36(16-3-1)54-55-47-30-29-35-27-28-38-32-46(43-23-8-9-24-44(43)48(38)49(35)50(47)59-54)53-57-51(56-52(58-53)45-26-12-18-34-14-5-7-22-41(34)45)39-20-10-19-37(31-39)42-25-11-17-33-13-4-6-21-40(33)42/h1-32H. The third kappa shape index (κ3) is 5.47. The average Bonchev–Trinajstić information content (AvgIpc) is 3.76. The molecular weight excluding hydrogens is 721 g/mol. The van der Waals surface area contributed by atoms with E-state index in [1.165, 1.54) is 10.8 Å². The molecule has 0 aliphatic carbocycles. The summed E-state index contributed by atoms with van der Waals surface area (Å²) in [5, 5.41) is 11.0. The Balaban J connectivity index is 1.11. The summed E-state index contributed by atoms with van der Waals surface area (Å²) >= 11 is 0. The summed E-state index contributed by atoms with van der Waals surface area (Å²) in [5.74, 6) is 2.45. The molecule has 59 heavy (non-hydrogen) atoms. The van der Waals surface area contributed by atoms with Crippen LogP contribution in [0.15, 0.2) is 199 Å². The molecule has 0 spiro atoms. The van der Waals surface area contributed by atoms with Gasteiger partial charge in [0.25, 0.3) is 0 Å². The van der Waals surface area contributed by atoms with Crippen molar-refractivity contribution in [2.45, 2.75) is 0 Å². The molecular formula is C54H32N4O. The van der Waals surface area contributed by atoms with Gasteiger partial charge in [0.05, 0.1) is 0 Å².